The van der Waals surface area contributed by atoms with Crippen LogP contribution < -0.4 is 20.7 Å². The molecule has 0 radical (unpaired) electrons. The van der Waals surface area contributed by atoms with E-state index in [9.17, 15) is 9.65 Å². The van der Waals surface area contributed by atoms with E-state index in [1.807, 2.05) is 0 Å². The van der Waals surface area contributed by atoms with Crippen molar-refractivity contribution in [3.63, 3.8) is 0 Å². The summed E-state index contributed by atoms with van der Waals surface area (Å²) in [5, 5.41) is 14.5. The Morgan fingerprint density at radius 2 is 2.05 bits per heavy atom. The van der Waals surface area contributed by atoms with Gasteiger partial charge in [0, 0.05) is 48.1 Å². The molecule has 3 atom stereocenters. The lowest BCUT2D eigenvalue weighted by molar-refractivity contribution is 0.108. The largest absolute Gasteiger partial charge is 0.461 e. The van der Waals surface area contributed by atoms with Crippen LogP contribution in [0.25, 0.3) is 32.1 Å². The molecule has 4 aromatic rings. The van der Waals surface area contributed by atoms with Gasteiger partial charge in [0.15, 0.2) is 5.82 Å². The average molecular weight is 634 g/mol. The van der Waals surface area contributed by atoms with Crippen molar-refractivity contribution in [1.82, 2.24) is 20.2 Å². The molecule has 8 rings (SSSR count). The van der Waals surface area contributed by atoms with Gasteiger partial charge < -0.3 is 20.7 Å². The highest BCUT2D eigenvalue weighted by Crippen LogP contribution is 2.46. The van der Waals surface area contributed by atoms with Gasteiger partial charge in [-0.1, -0.05) is 29.8 Å². The number of benzene rings is 2. The molecule has 4 fully saturated rings. The van der Waals surface area contributed by atoms with E-state index in [2.05, 4.69) is 32.7 Å². The van der Waals surface area contributed by atoms with E-state index in [4.69, 9.17) is 27.1 Å². The van der Waals surface area contributed by atoms with Crippen LogP contribution in [-0.2, 0) is 0 Å². The Morgan fingerprint density at radius 3 is 2.82 bits per heavy atom. The highest BCUT2D eigenvalue weighted by molar-refractivity contribution is 7.23. The van der Waals surface area contributed by atoms with E-state index in [0.717, 1.165) is 69.6 Å². The number of ether oxygens (including phenoxy) is 1. The number of nitrogens with one attached hydrogen (secondary N) is 1. The lowest BCUT2D eigenvalue weighted by Gasteiger charge is -2.34. The normalized spacial score (nSPS) is 24.9. The zero-order valence-electron chi connectivity index (χ0n) is 23.9. The minimum atomic E-state index is -0.685. The lowest BCUT2D eigenvalue weighted by atomic mass is 9.94. The third kappa shape index (κ3) is 4.26. The number of nitrogen functional groups attached to an aromatic ring is 1. The number of anilines is 2. The molecule has 0 aliphatic carbocycles. The molecule has 226 valence electrons. The van der Waals surface area contributed by atoms with Crippen molar-refractivity contribution in [1.29, 1.82) is 5.26 Å². The number of hydrogen-bond donors (Lipinski definition) is 2. The molecule has 4 saturated heterocycles. The SMILES string of the molecule is C=C1CN2CCC[C@@]2(COc2nc(N3C[C@@H]4CC[C@@H](C3)N4)c3cc(Cl)c(-c4ccc(F)c5sc(N)c(C#N)c45)c(F)c3n2)C1. The highest BCUT2D eigenvalue weighted by atomic mass is 35.5. The van der Waals surface area contributed by atoms with Crippen LogP contribution in [0, 0.1) is 23.0 Å². The van der Waals surface area contributed by atoms with Gasteiger partial charge in [0.2, 0.25) is 0 Å². The van der Waals surface area contributed by atoms with Crippen LogP contribution in [0.5, 0.6) is 6.01 Å². The maximum atomic E-state index is 16.9. The van der Waals surface area contributed by atoms with Crippen molar-refractivity contribution in [3.05, 3.63) is 52.6 Å². The molecule has 0 spiro atoms. The zero-order chi connectivity index (χ0) is 30.3. The molecular weight excluding hydrogens is 604 g/mol. The van der Waals surface area contributed by atoms with Crippen LogP contribution in [0.15, 0.2) is 30.4 Å². The van der Waals surface area contributed by atoms with Gasteiger partial charge >= 0.3 is 6.01 Å². The Labute approximate surface area is 262 Å². The number of thiophene rings is 1. The number of nitrogens with zero attached hydrogens (tertiary/aromatic N) is 5. The average Bonchev–Trinajstić information content (AvgIpc) is 3.73. The van der Waals surface area contributed by atoms with Crippen LogP contribution in [0.1, 0.15) is 37.7 Å². The van der Waals surface area contributed by atoms with Crippen molar-refractivity contribution in [2.45, 2.75) is 49.7 Å². The van der Waals surface area contributed by atoms with Crippen molar-refractivity contribution in [3.8, 4) is 23.2 Å². The number of aromatic nitrogens is 2. The number of piperazine rings is 1. The van der Waals surface area contributed by atoms with E-state index in [0.29, 0.717) is 29.9 Å². The number of hydrogen-bond acceptors (Lipinski definition) is 9. The molecule has 2 aromatic carbocycles. The third-order valence-electron chi connectivity index (χ3n) is 9.76. The topological polar surface area (TPSA) is 103 Å². The number of halogens is 3. The van der Waals surface area contributed by atoms with E-state index >= 15 is 4.39 Å². The van der Waals surface area contributed by atoms with Gasteiger partial charge in [-0.05, 0) is 56.3 Å². The quantitative estimate of drug-likeness (QED) is 0.258. The summed E-state index contributed by atoms with van der Waals surface area (Å²) in [7, 11) is 0. The highest BCUT2D eigenvalue weighted by Gasteiger charge is 2.46. The first-order valence-electron chi connectivity index (χ1n) is 14.9. The number of nitriles is 1. The first kappa shape index (κ1) is 28.0. The fraction of sp³-hybridized carbons (Fsp3) is 0.406. The van der Waals surface area contributed by atoms with Crippen molar-refractivity contribution < 1.29 is 13.5 Å². The van der Waals surface area contributed by atoms with E-state index < -0.39 is 11.6 Å². The molecule has 3 N–H and O–H groups in total. The molecule has 44 heavy (non-hydrogen) atoms. The van der Waals surface area contributed by atoms with Crippen LogP contribution >= 0.6 is 22.9 Å². The first-order chi connectivity index (χ1) is 21.2. The molecule has 2 aromatic heterocycles. The lowest BCUT2D eigenvalue weighted by Crippen LogP contribution is -2.51. The second-order valence-corrected chi connectivity index (χ2v) is 14.0. The summed E-state index contributed by atoms with van der Waals surface area (Å²) in [5.74, 6) is -0.646. The van der Waals surface area contributed by atoms with Crippen molar-refractivity contribution in [2.24, 2.45) is 0 Å². The second-order valence-electron chi connectivity index (χ2n) is 12.5. The van der Waals surface area contributed by atoms with Gasteiger partial charge in [-0.15, -0.1) is 11.3 Å². The first-order valence-corrected chi connectivity index (χ1v) is 16.1. The third-order valence-corrected chi connectivity index (χ3v) is 11.1. The molecule has 0 unspecified atom stereocenters. The Morgan fingerprint density at radius 1 is 1.25 bits per heavy atom. The van der Waals surface area contributed by atoms with Gasteiger partial charge in [-0.2, -0.15) is 15.2 Å². The summed E-state index contributed by atoms with van der Waals surface area (Å²) in [4.78, 5) is 14.1. The predicted octanol–water partition coefficient (Wildman–Crippen LogP) is 6.01. The van der Waals surface area contributed by atoms with Crippen LogP contribution in [0.4, 0.5) is 19.6 Å². The summed E-state index contributed by atoms with van der Waals surface area (Å²) in [5.41, 5.74) is 7.57. The Kier molecular flexibility index (Phi) is 6.50. The van der Waals surface area contributed by atoms with E-state index in [1.165, 1.54) is 17.7 Å². The molecule has 12 heteroatoms. The van der Waals surface area contributed by atoms with Gasteiger partial charge in [0.05, 0.1) is 20.8 Å². The second kappa shape index (κ2) is 10.2. The van der Waals surface area contributed by atoms with Gasteiger partial charge in [0.25, 0.3) is 0 Å². The Bertz CT molecular complexity index is 1910. The van der Waals surface area contributed by atoms with Gasteiger partial charge in [0.1, 0.15) is 34.8 Å². The molecule has 4 aliphatic heterocycles. The van der Waals surface area contributed by atoms with E-state index in [-0.39, 0.29) is 53.9 Å². The summed E-state index contributed by atoms with van der Waals surface area (Å²) < 4.78 is 38.3. The van der Waals surface area contributed by atoms with E-state index in [1.54, 1.807) is 6.07 Å². The zero-order valence-corrected chi connectivity index (χ0v) is 25.5. The Balaban J connectivity index is 1.29. The molecule has 8 nitrogen and oxygen atoms in total. The van der Waals surface area contributed by atoms with Gasteiger partial charge in [-0.3, -0.25) is 4.90 Å². The van der Waals surface area contributed by atoms with Gasteiger partial charge in [-0.25, -0.2) is 8.78 Å². The standard InChI is InChI=1S/C32H30ClF2N7OS/c1-16-10-32(7-2-8-42(32)12-16)15-43-31-39-27-20(30(40-31)41-13-17-3-4-18(14-41)38-17)9-22(33)25(26(27)35)19-5-6-23(34)28-24(19)21(11-36)29(37)44-28/h5-6,9,17-18,38H,1-4,7-8,10,12-15,37H2/t17-,18-,32-/m0/s1. The number of fused-ring (bicyclic) bond motifs is 5. The summed E-state index contributed by atoms with van der Waals surface area (Å²) in [6.45, 7) is 7.89. The molecule has 2 bridgehead atoms. The molecule has 4 aliphatic rings. The maximum absolute atomic E-state index is 16.9. The fourth-order valence-electron chi connectivity index (χ4n) is 7.84. The minimum Gasteiger partial charge on any atom is -0.461 e. The van der Waals surface area contributed by atoms with Crippen LogP contribution in [0.3, 0.4) is 0 Å². The summed E-state index contributed by atoms with van der Waals surface area (Å²) in [6.07, 6.45) is 5.08. The van der Waals surface area contributed by atoms with Crippen LogP contribution in [0.2, 0.25) is 5.02 Å². The van der Waals surface area contributed by atoms with Crippen LogP contribution in [-0.4, -0.2) is 65.3 Å². The minimum absolute atomic E-state index is 0.0297. The Hall–Kier alpha value is -3.56. The fourth-order valence-corrected chi connectivity index (χ4v) is 9.08. The number of nitrogens with two attached hydrogens (primary N) is 1. The number of rotatable bonds is 5. The monoisotopic (exact) mass is 633 g/mol. The summed E-state index contributed by atoms with van der Waals surface area (Å²) >= 11 is 7.81. The smallest absolute Gasteiger partial charge is 0.319 e. The van der Waals surface area contributed by atoms with Crippen molar-refractivity contribution in [2.75, 3.05) is 43.4 Å². The molecular formula is C32H30ClF2N7OS. The molecule has 6 heterocycles. The summed E-state index contributed by atoms with van der Waals surface area (Å²) in [6, 6.07) is 7.15. The molecule has 0 amide bonds. The molecule has 0 saturated carbocycles. The predicted molar refractivity (Wildman–Crippen MR) is 169 cm³/mol. The maximum Gasteiger partial charge on any atom is 0.319 e. The van der Waals surface area contributed by atoms with Crippen molar-refractivity contribution >= 4 is 54.7 Å².